The van der Waals surface area contributed by atoms with Crippen LogP contribution in [0.1, 0.15) is 38.5 Å². The van der Waals surface area contributed by atoms with E-state index in [0.717, 1.165) is 11.9 Å². The van der Waals surface area contributed by atoms with Crippen LogP contribution >= 0.6 is 12.4 Å². The fraction of sp³-hybridized carbons (Fsp3) is 0.526. The van der Waals surface area contributed by atoms with Crippen molar-refractivity contribution in [1.82, 2.24) is 20.4 Å². The molecule has 6 nitrogen and oxygen atoms in total. The molecule has 1 saturated carbocycles. The van der Waals surface area contributed by atoms with Gasteiger partial charge in [-0.05, 0) is 18.9 Å². The van der Waals surface area contributed by atoms with Gasteiger partial charge in [0.05, 0.1) is 11.6 Å². The first-order valence-electron chi connectivity index (χ1n) is 9.19. The van der Waals surface area contributed by atoms with Crippen LogP contribution in [0.25, 0.3) is 10.8 Å². The summed E-state index contributed by atoms with van der Waals surface area (Å²) < 4.78 is 1.22. The number of hydrogen-bond donors (Lipinski definition) is 2. The number of fused-ring (bicyclic) bond motifs is 1. The lowest BCUT2D eigenvalue weighted by Gasteiger charge is -2.16. The van der Waals surface area contributed by atoms with Crippen molar-refractivity contribution in [2.45, 2.75) is 51.1 Å². The number of halogens is 1. The Morgan fingerprint density at radius 1 is 1.12 bits per heavy atom. The maximum atomic E-state index is 12.3. The Labute approximate surface area is 159 Å². The van der Waals surface area contributed by atoms with Crippen molar-refractivity contribution in [3.05, 3.63) is 40.8 Å². The molecule has 0 atom stereocenters. The topological polar surface area (TPSA) is 76.0 Å². The van der Waals surface area contributed by atoms with Gasteiger partial charge in [0.25, 0.3) is 5.56 Å². The number of hydrogen-bond acceptors (Lipinski definition) is 4. The number of benzene rings is 1. The minimum atomic E-state index is -0.232. The second-order valence-electron chi connectivity index (χ2n) is 6.69. The molecule has 1 aromatic carbocycles. The molecule has 7 heteroatoms. The van der Waals surface area contributed by atoms with Gasteiger partial charge in [0.1, 0.15) is 6.54 Å². The number of amides is 1. The van der Waals surface area contributed by atoms with Crippen LogP contribution in [0.2, 0.25) is 0 Å². The first-order valence-corrected chi connectivity index (χ1v) is 9.19. The third-order valence-corrected chi connectivity index (χ3v) is 4.79. The van der Waals surface area contributed by atoms with Crippen molar-refractivity contribution >= 4 is 29.1 Å². The summed E-state index contributed by atoms with van der Waals surface area (Å²) in [5, 5.41) is 11.8. The van der Waals surface area contributed by atoms with Crippen LogP contribution in [-0.2, 0) is 11.3 Å². The predicted molar refractivity (Wildman–Crippen MR) is 106 cm³/mol. The smallest absolute Gasteiger partial charge is 0.275 e. The zero-order valence-electron chi connectivity index (χ0n) is 14.9. The van der Waals surface area contributed by atoms with Crippen LogP contribution in [0.15, 0.2) is 35.3 Å². The van der Waals surface area contributed by atoms with E-state index in [4.69, 9.17) is 0 Å². The second-order valence-corrected chi connectivity index (χ2v) is 6.69. The summed E-state index contributed by atoms with van der Waals surface area (Å²) in [4.78, 5) is 24.4. The molecule has 1 amide bonds. The van der Waals surface area contributed by atoms with Crippen LogP contribution in [-0.4, -0.2) is 34.8 Å². The van der Waals surface area contributed by atoms with E-state index in [1.165, 1.54) is 43.2 Å². The van der Waals surface area contributed by atoms with Crippen molar-refractivity contribution in [2.75, 3.05) is 13.1 Å². The maximum Gasteiger partial charge on any atom is 0.275 e. The van der Waals surface area contributed by atoms with Gasteiger partial charge in [-0.1, -0.05) is 43.9 Å². The van der Waals surface area contributed by atoms with Gasteiger partial charge >= 0.3 is 0 Å². The molecule has 1 aliphatic carbocycles. The summed E-state index contributed by atoms with van der Waals surface area (Å²) in [6.07, 6.45) is 9.33. The van der Waals surface area contributed by atoms with Gasteiger partial charge in [0.2, 0.25) is 5.91 Å². The molecule has 0 saturated heterocycles. The van der Waals surface area contributed by atoms with Crippen molar-refractivity contribution in [3.8, 4) is 0 Å². The maximum absolute atomic E-state index is 12.3. The third-order valence-electron chi connectivity index (χ3n) is 4.79. The quantitative estimate of drug-likeness (QED) is 0.597. The van der Waals surface area contributed by atoms with Crippen LogP contribution in [0.4, 0.5) is 0 Å². The molecule has 142 valence electrons. The van der Waals surface area contributed by atoms with Crippen LogP contribution in [0.5, 0.6) is 0 Å². The molecule has 0 aliphatic heterocycles. The fourth-order valence-corrected chi connectivity index (χ4v) is 3.39. The number of aromatic nitrogens is 2. The van der Waals surface area contributed by atoms with Crippen molar-refractivity contribution in [2.24, 2.45) is 0 Å². The van der Waals surface area contributed by atoms with Gasteiger partial charge in [0.15, 0.2) is 0 Å². The normalized spacial score (nSPS) is 15.2. The highest BCUT2D eigenvalue weighted by Gasteiger charge is 2.11. The Balaban J connectivity index is 0.00000243. The van der Waals surface area contributed by atoms with Gasteiger partial charge in [-0.25, -0.2) is 4.68 Å². The number of carbonyl (C=O) groups is 1. The molecule has 2 aromatic rings. The van der Waals surface area contributed by atoms with Crippen molar-refractivity contribution in [3.63, 3.8) is 0 Å². The van der Waals surface area contributed by atoms with Crippen molar-refractivity contribution in [1.29, 1.82) is 0 Å². The minimum absolute atomic E-state index is 0. The molecule has 0 bridgehead atoms. The molecule has 3 rings (SSSR count). The van der Waals surface area contributed by atoms with E-state index in [9.17, 15) is 9.59 Å². The Hall–Kier alpha value is -1.92. The van der Waals surface area contributed by atoms with Crippen molar-refractivity contribution < 1.29 is 4.79 Å². The molecule has 2 N–H and O–H groups in total. The first kappa shape index (κ1) is 20.4. The summed E-state index contributed by atoms with van der Waals surface area (Å²) in [7, 11) is 0. The predicted octanol–water partition coefficient (Wildman–Crippen LogP) is 2.25. The van der Waals surface area contributed by atoms with E-state index in [1.807, 2.05) is 18.2 Å². The van der Waals surface area contributed by atoms with E-state index in [0.29, 0.717) is 18.0 Å². The highest BCUT2D eigenvalue weighted by atomic mass is 35.5. The molecule has 0 unspecified atom stereocenters. The Morgan fingerprint density at radius 2 is 1.85 bits per heavy atom. The average molecular weight is 379 g/mol. The molecule has 1 fully saturated rings. The van der Waals surface area contributed by atoms with Gasteiger partial charge in [-0.3, -0.25) is 9.59 Å². The number of nitrogens with zero attached hydrogens (tertiary/aromatic N) is 2. The average Bonchev–Trinajstić information content (AvgIpc) is 2.90. The molecule has 1 aromatic heterocycles. The van der Waals surface area contributed by atoms with E-state index in [2.05, 4.69) is 15.7 Å². The molecular formula is C19H27ClN4O2. The van der Waals surface area contributed by atoms with Gasteiger partial charge in [0, 0.05) is 24.5 Å². The Kier molecular flexibility index (Phi) is 8.06. The summed E-state index contributed by atoms with van der Waals surface area (Å²) >= 11 is 0. The lowest BCUT2D eigenvalue weighted by atomic mass is 10.1. The highest BCUT2D eigenvalue weighted by molar-refractivity contribution is 5.85. The first-order chi connectivity index (χ1) is 12.2. The Morgan fingerprint density at radius 3 is 2.62 bits per heavy atom. The third kappa shape index (κ3) is 5.54. The van der Waals surface area contributed by atoms with Crippen LogP contribution < -0.4 is 16.2 Å². The highest BCUT2D eigenvalue weighted by Crippen LogP contribution is 2.16. The fourth-order valence-electron chi connectivity index (χ4n) is 3.39. The largest absolute Gasteiger partial charge is 0.353 e. The van der Waals surface area contributed by atoms with E-state index >= 15 is 0 Å². The second kappa shape index (κ2) is 10.3. The molecule has 1 heterocycles. The lowest BCUT2D eigenvalue weighted by Crippen LogP contribution is -2.39. The molecule has 1 aliphatic rings. The zero-order valence-corrected chi connectivity index (χ0v) is 15.8. The molecule has 0 spiro atoms. The Bertz CT molecular complexity index is 769. The monoisotopic (exact) mass is 378 g/mol. The van der Waals surface area contributed by atoms with Crippen LogP contribution in [0.3, 0.4) is 0 Å². The summed E-state index contributed by atoms with van der Waals surface area (Å²) in [6, 6.07) is 7.84. The van der Waals surface area contributed by atoms with E-state index in [-0.39, 0.29) is 30.4 Å². The molecule has 26 heavy (non-hydrogen) atoms. The summed E-state index contributed by atoms with van der Waals surface area (Å²) in [5.74, 6) is -0.187. The van der Waals surface area contributed by atoms with Crippen LogP contribution in [0, 0.1) is 0 Å². The summed E-state index contributed by atoms with van der Waals surface area (Å²) in [5.41, 5.74) is -0.232. The number of nitrogens with one attached hydrogen (secondary N) is 2. The standard InChI is InChI=1S/C19H26N4O2.ClH/c24-18(21-12-11-20-16-8-3-1-2-4-9-16)14-23-19(25)17-10-6-5-7-15(17)13-22-23;/h5-7,10,13,16,20H,1-4,8-9,11-12,14H2,(H,21,24);1H. The van der Waals surface area contributed by atoms with E-state index < -0.39 is 0 Å². The SMILES string of the molecule is Cl.O=C(Cn1ncc2ccccc2c1=O)NCCNC1CCCCCC1. The number of rotatable bonds is 6. The molecular weight excluding hydrogens is 352 g/mol. The summed E-state index contributed by atoms with van der Waals surface area (Å²) in [6.45, 7) is 1.28. The van der Waals surface area contributed by atoms with E-state index in [1.54, 1.807) is 12.3 Å². The molecule has 0 radical (unpaired) electrons. The minimum Gasteiger partial charge on any atom is -0.353 e. The zero-order chi connectivity index (χ0) is 17.5. The lowest BCUT2D eigenvalue weighted by molar-refractivity contribution is -0.121. The number of carbonyl (C=O) groups excluding carboxylic acids is 1. The van der Waals surface area contributed by atoms with Gasteiger partial charge in [-0.2, -0.15) is 5.10 Å². The van der Waals surface area contributed by atoms with Gasteiger partial charge < -0.3 is 10.6 Å². The van der Waals surface area contributed by atoms with Gasteiger partial charge in [-0.15, -0.1) is 12.4 Å².